The van der Waals surface area contributed by atoms with Gasteiger partial charge in [0, 0.05) is 107 Å². The van der Waals surface area contributed by atoms with Crippen LogP contribution in [-0.2, 0) is 48.6 Å². The number of nitrogens with one attached hydrogen (secondary N) is 2. The molecule has 2 N–H and O–H groups in total. The summed E-state index contributed by atoms with van der Waals surface area (Å²) in [5.74, 6) is -1.04. The Hall–Kier alpha value is -14.0. The molecule has 2 aliphatic heterocycles. The molecule has 15 aromatic rings. The number of imidazole rings is 2. The second kappa shape index (κ2) is 33.3. The van der Waals surface area contributed by atoms with Gasteiger partial charge in [-0.15, -0.1) is 0 Å². The maximum atomic E-state index is 17.3. The van der Waals surface area contributed by atoms with Crippen LogP contribution in [0.5, 0.6) is 46.0 Å². The Bertz CT molecular complexity index is 5840. The van der Waals surface area contributed by atoms with Gasteiger partial charge in [-0.3, -0.25) is 38.6 Å². The van der Waals surface area contributed by atoms with Gasteiger partial charge in [-0.2, -0.15) is 0 Å². The van der Waals surface area contributed by atoms with E-state index in [2.05, 4.69) is 99.6 Å². The predicted octanol–water partition coefficient (Wildman–Crippen LogP) is 23.0. The molecule has 18 nitrogen and oxygen atoms in total. The standard InChI is InChI=1S/C104H96N8O10/c1-59(2)71-33-37-81(63(9)45-71)119-85-49-75-91-76(100(114)111(99(75)113)79(53-89-105-41-42-106-89)103(117)109(55-67-25-17-13-18-26-67)56-68-27-19-14-20-28-68)51-87(121-83-39-35-73(61(5)6)47-65(83)11)95-96-88(122-84-40-36-74(62(7)8)48-66(84)12)52-78-92-77(50-86(94(98(92)96)93(85)97(91)95)120-82-38-34-72(60(3)4)46-64(82)10)101(115)112(102(78)116)80(54-90-107-43-44-108-90)104(118)110(57-69-29-21-15-22-30-69)58-70-31-23-16-24-32-70/h13-52,59-62,79-80H,53-58H2,1-12H3,(H,105,106)(H,107,108). The molecule has 612 valence electrons. The largest absolute Gasteiger partial charge is 0.456 e. The molecule has 0 bridgehead atoms. The van der Waals surface area contributed by atoms with Crippen LogP contribution < -0.4 is 18.9 Å². The lowest BCUT2D eigenvalue weighted by Gasteiger charge is -2.37. The van der Waals surface area contributed by atoms with Crippen molar-refractivity contribution in [1.29, 1.82) is 0 Å². The number of amides is 6. The van der Waals surface area contributed by atoms with Gasteiger partial charge in [0.25, 0.3) is 23.6 Å². The number of carbonyl (C=O) groups excluding carboxylic acids is 6. The van der Waals surface area contributed by atoms with Crippen molar-refractivity contribution in [1.82, 2.24) is 39.5 Å². The van der Waals surface area contributed by atoms with Crippen molar-refractivity contribution in [3.8, 4) is 46.0 Å². The number of hydrogen-bond acceptors (Lipinski definition) is 12. The zero-order chi connectivity index (χ0) is 85.1. The highest BCUT2D eigenvalue weighted by Gasteiger charge is 2.48. The van der Waals surface area contributed by atoms with E-state index in [0.717, 1.165) is 76.6 Å². The summed E-state index contributed by atoms with van der Waals surface area (Å²) >= 11 is 0. The van der Waals surface area contributed by atoms with E-state index in [4.69, 9.17) is 18.9 Å². The van der Waals surface area contributed by atoms with Crippen LogP contribution in [-0.4, -0.2) is 87.1 Å². The summed E-state index contributed by atoms with van der Waals surface area (Å²) in [6, 6.07) is 65.9. The lowest BCUT2D eigenvalue weighted by molar-refractivity contribution is -0.137. The lowest BCUT2D eigenvalue weighted by Crippen LogP contribution is -2.55. The molecule has 6 amide bonds. The molecule has 0 fully saturated rings. The van der Waals surface area contributed by atoms with Crippen LogP contribution in [0.15, 0.2) is 243 Å². The van der Waals surface area contributed by atoms with Crippen molar-refractivity contribution in [2.24, 2.45) is 0 Å². The van der Waals surface area contributed by atoms with E-state index in [1.54, 1.807) is 58.9 Å². The second-order valence-electron chi connectivity index (χ2n) is 33.6. The summed E-state index contributed by atoms with van der Waals surface area (Å²) in [5, 5.41) is 2.17. The number of aromatic amines is 2. The number of aromatic nitrogens is 4. The topological polar surface area (TPSA) is 210 Å². The smallest absolute Gasteiger partial charge is 0.262 e. The second-order valence-corrected chi connectivity index (χ2v) is 33.6. The summed E-state index contributed by atoms with van der Waals surface area (Å²) in [4.78, 5) is 123. The fourth-order valence-electron chi connectivity index (χ4n) is 17.3. The zero-order valence-electron chi connectivity index (χ0n) is 70.6. The first kappa shape index (κ1) is 80.4. The highest BCUT2D eigenvalue weighted by Crippen LogP contribution is 2.59. The first-order chi connectivity index (χ1) is 58.9. The Morgan fingerprint density at radius 3 is 0.779 bits per heavy atom. The molecule has 0 spiro atoms. The number of carbonyl (C=O) groups is 6. The van der Waals surface area contributed by atoms with E-state index in [0.29, 0.717) is 67.0 Å². The van der Waals surface area contributed by atoms with E-state index in [1.807, 2.05) is 198 Å². The van der Waals surface area contributed by atoms with Crippen LogP contribution in [0.4, 0.5) is 0 Å². The van der Waals surface area contributed by atoms with Crippen LogP contribution >= 0.6 is 0 Å². The average Bonchev–Trinajstić information content (AvgIpc) is 1.33. The van der Waals surface area contributed by atoms with Crippen LogP contribution in [0.25, 0.3) is 43.1 Å². The van der Waals surface area contributed by atoms with Crippen molar-refractivity contribution in [2.45, 2.75) is 158 Å². The molecule has 0 saturated carbocycles. The summed E-state index contributed by atoms with van der Waals surface area (Å²) in [7, 11) is 0. The normalized spacial score (nSPS) is 13.3. The van der Waals surface area contributed by atoms with Gasteiger partial charge in [-0.05, 0) is 167 Å². The van der Waals surface area contributed by atoms with Crippen molar-refractivity contribution in [2.75, 3.05) is 0 Å². The van der Waals surface area contributed by atoms with Gasteiger partial charge in [0.05, 0.1) is 22.3 Å². The molecule has 0 aliphatic carbocycles. The first-order valence-corrected chi connectivity index (χ1v) is 41.9. The zero-order valence-corrected chi connectivity index (χ0v) is 70.6. The van der Waals surface area contributed by atoms with Gasteiger partial charge in [0.1, 0.15) is 69.7 Å². The predicted molar refractivity (Wildman–Crippen MR) is 476 cm³/mol. The van der Waals surface area contributed by atoms with Crippen LogP contribution in [0.3, 0.4) is 0 Å². The number of nitrogens with zero attached hydrogens (tertiary/aromatic N) is 6. The van der Waals surface area contributed by atoms with Crippen molar-refractivity contribution in [3.05, 3.63) is 344 Å². The van der Waals surface area contributed by atoms with E-state index < -0.39 is 47.5 Å². The maximum absolute atomic E-state index is 17.3. The summed E-state index contributed by atoms with van der Waals surface area (Å²) < 4.78 is 30.6. The molecule has 13 aromatic carbocycles. The third-order valence-electron chi connectivity index (χ3n) is 23.9. The van der Waals surface area contributed by atoms with Crippen LogP contribution in [0.2, 0.25) is 0 Å². The molecular weight excluding hydrogens is 1520 g/mol. The molecule has 2 unspecified atom stereocenters. The van der Waals surface area contributed by atoms with Gasteiger partial charge in [0.2, 0.25) is 11.8 Å². The fraction of sp³-hybridized carbons (Fsp3) is 0.231. The molecule has 2 aromatic heterocycles. The highest BCUT2D eigenvalue weighted by molar-refractivity contribution is 6.45. The molecule has 2 aliphatic rings. The van der Waals surface area contributed by atoms with Gasteiger partial charge in [-0.1, -0.05) is 225 Å². The quantitative estimate of drug-likeness (QED) is 0.0267. The molecule has 122 heavy (non-hydrogen) atoms. The lowest BCUT2D eigenvalue weighted by atomic mass is 9.80. The van der Waals surface area contributed by atoms with E-state index >= 15 is 28.8 Å². The van der Waals surface area contributed by atoms with Crippen molar-refractivity contribution in [3.63, 3.8) is 0 Å². The number of imide groups is 2. The molecule has 4 heterocycles. The Balaban J connectivity index is 1.01. The Morgan fingerprint density at radius 2 is 0.566 bits per heavy atom. The van der Waals surface area contributed by atoms with Crippen LogP contribution in [0, 0.1) is 27.7 Å². The minimum absolute atomic E-state index is 0.00560. The molecular formula is C104H96N8O10. The number of rotatable bonds is 28. The SMILES string of the molecule is Cc1cc(C(C)C)ccc1Oc1cc2c3c(cc(Oc4ccc(C(C)C)cc4C)c4c5c(Oc6ccc(C(C)C)cc6C)cc6c7c(cc(Oc8ccc(C(C)C)cc8C)c(c1c34)c75)C(=O)N(C(Cc1ncc[nH]1)C(=O)N(Cc1ccccc1)Cc1ccccc1)C6=O)C(=O)N(C(Cc1ncc[nH]1)C(=O)N(Cc1ccccc1)Cc1ccccc1)C2=O. The Kier molecular flexibility index (Phi) is 22.0. The molecule has 0 radical (unpaired) electrons. The fourth-order valence-corrected chi connectivity index (χ4v) is 17.3. The minimum atomic E-state index is -1.53. The van der Waals surface area contributed by atoms with Gasteiger partial charge in [-0.25, -0.2) is 9.97 Å². The summed E-state index contributed by atoms with van der Waals surface area (Å²) in [5.41, 5.74) is 10.5. The number of H-pyrrole nitrogens is 2. The third-order valence-corrected chi connectivity index (χ3v) is 23.9. The Morgan fingerprint density at radius 1 is 0.320 bits per heavy atom. The first-order valence-electron chi connectivity index (χ1n) is 41.9. The van der Waals surface area contributed by atoms with E-state index in [1.165, 1.54) is 0 Å². The van der Waals surface area contributed by atoms with E-state index in [-0.39, 0.29) is 119 Å². The highest BCUT2D eigenvalue weighted by atomic mass is 16.5. The monoisotopic (exact) mass is 1620 g/mol. The van der Waals surface area contributed by atoms with Gasteiger partial charge in [0.15, 0.2) is 0 Å². The van der Waals surface area contributed by atoms with Crippen molar-refractivity contribution >= 4 is 78.5 Å². The molecule has 18 heteroatoms. The maximum Gasteiger partial charge on any atom is 0.262 e. The van der Waals surface area contributed by atoms with Crippen molar-refractivity contribution < 1.29 is 47.7 Å². The van der Waals surface area contributed by atoms with E-state index in [9.17, 15) is 0 Å². The summed E-state index contributed by atoms with van der Waals surface area (Å²) in [6.07, 6.45) is 6.00. The third kappa shape index (κ3) is 15.3. The number of aryl methyl sites for hydroxylation is 4. The molecule has 0 saturated heterocycles. The number of fused-ring (bicyclic) bond motifs is 2. The number of hydrogen-bond donors (Lipinski definition) is 2. The molecule has 17 rings (SSSR count). The Labute approximate surface area is 709 Å². The number of ether oxygens (including phenoxy) is 4. The average molecular weight is 1620 g/mol. The number of benzene rings is 13. The van der Waals surface area contributed by atoms with Crippen LogP contribution in [0.1, 0.15) is 199 Å². The summed E-state index contributed by atoms with van der Waals surface area (Å²) in [6.45, 7) is 25.2. The minimum Gasteiger partial charge on any atom is -0.456 e. The van der Waals surface area contributed by atoms with Gasteiger partial charge >= 0.3 is 0 Å². The van der Waals surface area contributed by atoms with Gasteiger partial charge < -0.3 is 38.7 Å². The molecule has 2 atom stereocenters.